The van der Waals surface area contributed by atoms with E-state index in [1.54, 1.807) is 6.92 Å². The van der Waals surface area contributed by atoms with Crippen LogP contribution in [0.4, 0.5) is 0 Å². The SMILES string of the molecule is CCO.OCCO.[Ca+2].[OH-].[OH-]. The van der Waals surface area contributed by atoms with Gasteiger partial charge in [0.1, 0.15) is 0 Å². The fraction of sp³-hybridized carbons (Fsp3) is 1.00. The Bertz CT molecular complexity index is 21.1. The van der Waals surface area contributed by atoms with Gasteiger partial charge in [0.25, 0.3) is 0 Å². The van der Waals surface area contributed by atoms with Crippen molar-refractivity contribution in [2.45, 2.75) is 6.92 Å². The molecular formula is C4H14CaO5. The molecule has 6 heteroatoms. The second-order valence-electron chi connectivity index (χ2n) is 0.763. The van der Waals surface area contributed by atoms with Crippen molar-refractivity contribution < 1.29 is 26.3 Å². The summed E-state index contributed by atoms with van der Waals surface area (Å²) in [6.07, 6.45) is 0. The second-order valence-corrected chi connectivity index (χ2v) is 0.763. The van der Waals surface area contributed by atoms with Gasteiger partial charge in [-0.15, -0.1) is 0 Å². The van der Waals surface area contributed by atoms with E-state index in [4.69, 9.17) is 15.3 Å². The van der Waals surface area contributed by atoms with E-state index in [1.807, 2.05) is 0 Å². The molecule has 0 aliphatic rings. The molecule has 0 aromatic heterocycles. The van der Waals surface area contributed by atoms with Gasteiger partial charge in [0.2, 0.25) is 0 Å². The fourth-order valence-electron chi connectivity index (χ4n) is 0. The van der Waals surface area contributed by atoms with Crippen molar-refractivity contribution in [3.05, 3.63) is 0 Å². The van der Waals surface area contributed by atoms with Crippen LogP contribution in [-0.4, -0.2) is 83.8 Å². The summed E-state index contributed by atoms with van der Waals surface area (Å²) < 4.78 is 0. The van der Waals surface area contributed by atoms with Crippen LogP contribution in [-0.2, 0) is 0 Å². The molecule has 0 aromatic rings. The number of hydrogen-bond donors (Lipinski definition) is 3. The second kappa shape index (κ2) is 50.1. The third-order valence-electron chi connectivity index (χ3n) is 0.1000. The Balaban J connectivity index is -0.0000000131. The average Bonchev–Trinajstić information content (AvgIpc) is 1.69. The summed E-state index contributed by atoms with van der Waals surface area (Å²) in [4.78, 5) is 0. The molecule has 0 fully saturated rings. The molecule has 0 aromatic carbocycles. The summed E-state index contributed by atoms with van der Waals surface area (Å²) in [5.41, 5.74) is 0. The summed E-state index contributed by atoms with van der Waals surface area (Å²) in [7, 11) is 0. The molecule has 0 aliphatic carbocycles. The summed E-state index contributed by atoms with van der Waals surface area (Å²) in [6.45, 7) is 1.68. The van der Waals surface area contributed by atoms with Crippen molar-refractivity contribution in [1.29, 1.82) is 0 Å². The minimum absolute atomic E-state index is 0. The number of hydrogen-bond acceptors (Lipinski definition) is 5. The van der Waals surface area contributed by atoms with Crippen LogP contribution in [0.3, 0.4) is 0 Å². The first-order valence-electron chi connectivity index (χ1n) is 2.16. The van der Waals surface area contributed by atoms with Crippen LogP contribution >= 0.6 is 0 Å². The maximum atomic E-state index is 7.62. The molecule has 0 aliphatic heterocycles. The van der Waals surface area contributed by atoms with E-state index < -0.39 is 0 Å². The molecular weight excluding hydrogens is 168 g/mol. The van der Waals surface area contributed by atoms with Crippen LogP contribution in [0.1, 0.15) is 6.92 Å². The van der Waals surface area contributed by atoms with E-state index in [2.05, 4.69) is 0 Å². The zero-order chi connectivity index (χ0) is 6.12. The first-order chi connectivity index (χ1) is 3.33. The Labute approximate surface area is 90.3 Å². The third kappa shape index (κ3) is 139. The summed E-state index contributed by atoms with van der Waals surface area (Å²) in [5.74, 6) is 0. The molecule has 0 atom stereocenters. The average molecular weight is 182 g/mol. The number of aliphatic hydroxyl groups excluding tert-OH is 3. The van der Waals surface area contributed by atoms with Crippen molar-refractivity contribution >= 4 is 37.7 Å². The molecule has 0 amide bonds. The molecule has 0 saturated heterocycles. The van der Waals surface area contributed by atoms with Crippen LogP contribution in [0.25, 0.3) is 0 Å². The van der Waals surface area contributed by atoms with Crippen LogP contribution in [0, 0.1) is 0 Å². The van der Waals surface area contributed by atoms with E-state index in [0.717, 1.165) is 0 Å². The maximum absolute atomic E-state index is 7.62. The van der Waals surface area contributed by atoms with E-state index >= 15 is 0 Å². The van der Waals surface area contributed by atoms with E-state index in [9.17, 15) is 0 Å². The van der Waals surface area contributed by atoms with Gasteiger partial charge in [-0.05, 0) is 6.92 Å². The van der Waals surface area contributed by atoms with Crippen molar-refractivity contribution in [3.63, 3.8) is 0 Å². The predicted molar refractivity (Wildman–Crippen MR) is 36.6 cm³/mol. The summed E-state index contributed by atoms with van der Waals surface area (Å²) in [6, 6.07) is 0. The van der Waals surface area contributed by atoms with Crippen LogP contribution in [0.5, 0.6) is 0 Å². The molecule has 5 nitrogen and oxygen atoms in total. The molecule has 62 valence electrons. The van der Waals surface area contributed by atoms with Gasteiger partial charge in [-0.1, -0.05) is 0 Å². The van der Waals surface area contributed by atoms with Gasteiger partial charge in [0.05, 0.1) is 13.2 Å². The van der Waals surface area contributed by atoms with Gasteiger partial charge >= 0.3 is 37.7 Å². The Morgan fingerprint density at radius 1 is 0.900 bits per heavy atom. The zero-order valence-corrected chi connectivity index (χ0v) is 8.27. The van der Waals surface area contributed by atoms with E-state index in [1.165, 1.54) is 0 Å². The summed E-state index contributed by atoms with van der Waals surface area (Å²) in [5, 5.41) is 22.8. The van der Waals surface area contributed by atoms with Crippen LogP contribution in [0.15, 0.2) is 0 Å². The van der Waals surface area contributed by atoms with Crippen LogP contribution in [0.2, 0.25) is 0 Å². The number of rotatable bonds is 1. The van der Waals surface area contributed by atoms with Gasteiger partial charge in [0.15, 0.2) is 0 Å². The minimum Gasteiger partial charge on any atom is -0.870 e. The predicted octanol–water partition coefficient (Wildman–Crippen LogP) is -1.76. The maximum Gasteiger partial charge on any atom is 2.00 e. The normalized spacial score (nSPS) is 4.80. The van der Waals surface area contributed by atoms with Crippen molar-refractivity contribution in [2.75, 3.05) is 19.8 Å². The number of aliphatic hydroxyl groups is 3. The van der Waals surface area contributed by atoms with E-state index in [-0.39, 0.29) is 68.5 Å². The van der Waals surface area contributed by atoms with E-state index in [0.29, 0.717) is 0 Å². The standard InChI is InChI=1S/C2H6O2.C2H6O.Ca.2H2O/c3-1-2-4;1-2-3;;;/h3-4H,1-2H2;3H,2H2,1H3;;2*1H2/q;;+2;;/p-2. The molecule has 10 heavy (non-hydrogen) atoms. The molecule has 5 N–H and O–H groups in total. The quantitative estimate of drug-likeness (QED) is 0.414. The molecule has 0 radical (unpaired) electrons. The van der Waals surface area contributed by atoms with Gasteiger partial charge in [-0.2, -0.15) is 0 Å². The Kier molecular flexibility index (Phi) is 153. The molecule has 0 saturated carbocycles. The Morgan fingerprint density at radius 2 is 1.00 bits per heavy atom. The first-order valence-corrected chi connectivity index (χ1v) is 2.16. The molecule has 0 bridgehead atoms. The fourth-order valence-corrected chi connectivity index (χ4v) is 0. The van der Waals surface area contributed by atoms with Crippen molar-refractivity contribution in [2.24, 2.45) is 0 Å². The first kappa shape index (κ1) is 30.5. The zero-order valence-electron chi connectivity index (χ0n) is 6.06. The van der Waals surface area contributed by atoms with Crippen molar-refractivity contribution in [3.8, 4) is 0 Å². The van der Waals surface area contributed by atoms with Gasteiger partial charge in [-0.3, -0.25) is 0 Å². The molecule has 0 spiro atoms. The van der Waals surface area contributed by atoms with Gasteiger partial charge in [-0.25, -0.2) is 0 Å². The Hall–Kier alpha value is 1.06. The third-order valence-corrected chi connectivity index (χ3v) is 0.1000. The van der Waals surface area contributed by atoms with Gasteiger partial charge in [0, 0.05) is 6.61 Å². The van der Waals surface area contributed by atoms with Gasteiger partial charge < -0.3 is 26.3 Å². The smallest absolute Gasteiger partial charge is 0.870 e. The largest absolute Gasteiger partial charge is 2.00 e. The molecule has 0 rings (SSSR count). The minimum atomic E-state index is -0.125. The van der Waals surface area contributed by atoms with Crippen molar-refractivity contribution in [1.82, 2.24) is 0 Å². The summed E-state index contributed by atoms with van der Waals surface area (Å²) >= 11 is 0. The Morgan fingerprint density at radius 3 is 1.00 bits per heavy atom. The topological polar surface area (TPSA) is 121 Å². The monoisotopic (exact) mass is 182 g/mol. The van der Waals surface area contributed by atoms with Crippen LogP contribution < -0.4 is 0 Å². The molecule has 0 unspecified atom stereocenters. The molecule has 0 heterocycles.